The van der Waals surface area contributed by atoms with Gasteiger partial charge in [0.1, 0.15) is 5.58 Å². The van der Waals surface area contributed by atoms with Crippen LogP contribution in [0.3, 0.4) is 0 Å². The van der Waals surface area contributed by atoms with Gasteiger partial charge in [0.2, 0.25) is 0 Å². The summed E-state index contributed by atoms with van der Waals surface area (Å²) in [7, 11) is 1.75. The van der Waals surface area contributed by atoms with E-state index >= 15 is 0 Å². The first-order valence-corrected chi connectivity index (χ1v) is 7.39. The van der Waals surface area contributed by atoms with E-state index in [0.717, 1.165) is 26.7 Å². The van der Waals surface area contributed by atoms with Crippen LogP contribution in [-0.2, 0) is 0 Å². The van der Waals surface area contributed by atoms with Crippen LogP contribution in [-0.4, -0.2) is 13.0 Å². The average molecular weight is 344 g/mol. The molecular formula is C17H14BrNO2. The predicted molar refractivity (Wildman–Crippen MR) is 87.8 cm³/mol. The third kappa shape index (κ3) is 2.47. The second-order valence-electron chi connectivity index (χ2n) is 4.90. The molecule has 1 amide bonds. The van der Waals surface area contributed by atoms with Crippen molar-refractivity contribution in [3.63, 3.8) is 0 Å². The fraction of sp³-hybridized carbons (Fsp3) is 0.118. The van der Waals surface area contributed by atoms with Crippen LogP contribution in [0, 0.1) is 6.92 Å². The van der Waals surface area contributed by atoms with Crippen LogP contribution >= 0.6 is 15.9 Å². The van der Waals surface area contributed by atoms with E-state index in [4.69, 9.17) is 4.42 Å². The molecule has 106 valence electrons. The molecule has 0 aliphatic rings. The van der Waals surface area contributed by atoms with E-state index < -0.39 is 0 Å². The van der Waals surface area contributed by atoms with E-state index in [1.807, 2.05) is 55.5 Å². The third-order valence-electron chi connectivity index (χ3n) is 3.54. The Balaban J connectivity index is 2.04. The molecule has 0 unspecified atom stereocenters. The molecular weight excluding hydrogens is 330 g/mol. The first kappa shape index (κ1) is 13.9. The maximum absolute atomic E-state index is 12.6. The highest BCUT2D eigenvalue weighted by Gasteiger charge is 2.21. The van der Waals surface area contributed by atoms with Crippen molar-refractivity contribution in [2.45, 2.75) is 6.92 Å². The Morgan fingerprint density at radius 3 is 2.57 bits per heavy atom. The molecule has 0 aliphatic heterocycles. The van der Waals surface area contributed by atoms with Crippen LogP contribution in [0.15, 0.2) is 57.4 Å². The average Bonchev–Trinajstić information content (AvgIpc) is 2.83. The van der Waals surface area contributed by atoms with Crippen molar-refractivity contribution in [1.29, 1.82) is 0 Å². The SMILES string of the molecule is Cc1c(C(=O)N(C)c2ccccc2)oc2ccc(Br)cc12. The van der Waals surface area contributed by atoms with Crippen LogP contribution in [0.1, 0.15) is 16.1 Å². The van der Waals surface area contributed by atoms with Gasteiger partial charge in [0.15, 0.2) is 5.76 Å². The van der Waals surface area contributed by atoms with Crippen molar-refractivity contribution in [3.05, 3.63) is 64.3 Å². The van der Waals surface area contributed by atoms with Gasteiger partial charge in [0, 0.05) is 28.2 Å². The third-order valence-corrected chi connectivity index (χ3v) is 4.03. The first-order valence-electron chi connectivity index (χ1n) is 6.59. The summed E-state index contributed by atoms with van der Waals surface area (Å²) >= 11 is 3.44. The highest BCUT2D eigenvalue weighted by molar-refractivity contribution is 9.10. The Labute approximate surface area is 131 Å². The van der Waals surface area contributed by atoms with Crippen LogP contribution < -0.4 is 4.90 Å². The van der Waals surface area contributed by atoms with Crippen molar-refractivity contribution >= 4 is 38.5 Å². The smallest absolute Gasteiger partial charge is 0.294 e. The molecule has 3 rings (SSSR count). The molecule has 21 heavy (non-hydrogen) atoms. The van der Waals surface area contributed by atoms with Gasteiger partial charge in [-0.25, -0.2) is 0 Å². The number of carbonyl (C=O) groups excluding carboxylic acids is 1. The van der Waals surface area contributed by atoms with Gasteiger partial charge in [-0.2, -0.15) is 0 Å². The van der Waals surface area contributed by atoms with E-state index in [-0.39, 0.29) is 5.91 Å². The molecule has 0 aliphatic carbocycles. The number of aryl methyl sites for hydroxylation is 1. The number of halogens is 1. The lowest BCUT2D eigenvalue weighted by molar-refractivity contribution is 0.0968. The number of amides is 1. The molecule has 2 aromatic carbocycles. The van der Waals surface area contributed by atoms with Crippen molar-refractivity contribution < 1.29 is 9.21 Å². The molecule has 0 radical (unpaired) electrons. The molecule has 1 aromatic heterocycles. The second kappa shape index (κ2) is 5.37. The summed E-state index contributed by atoms with van der Waals surface area (Å²) < 4.78 is 6.71. The Morgan fingerprint density at radius 1 is 1.14 bits per heavy atom. The van der Waals surface area contributed by atoms with E-state index in [1.54, 1.807) is 11.9 Å². The Kier molecular flexibility index (Phi) is 3.55. The van der Waals surface area contributed by atoms with Crippen molar-refractivity contribution in [3.8, 4) is 0 Å². The molecule has 1 heterocycles. The predicted octanol–water partition coefficient (Wildman–Crippen LogP) is 4.78. The fourth-order valence-electron chi connectivity index (χ4n) is 2.32. The van der Waals surface area contributed by atoms with Gasteiger partial charge in [0.05, 0.1) is 0 Å². The zero-order valence-corrected chi connectivity index (χ0v) is 13.3. The lowest BCUT2D eigenvalue weighted by Gasteiger charge is -2.16. The number of benzene rings is 2. The lowest BCUT2D eigenvalue weighted by Crippen LogP contribution is -2.26. The Hall–Kier alpha value is -2.07. The number of furan rings is 1. The molecule has 0 N–H and O–H groups in total. The standard InChI is InChI=1S/C17H14BrNO2/c1-11-14-10-12(18)8-9-15(14)21-16(11)17(20)19(2)13-6-4-3-5-7-13/h3-10H,1-2H3. The summed E-state index contributed by atoms with van der Waals surface area (Å²) in [6.07, 6.45) is 0. The highest BCUT2D eigenvalue weighted by atomic mass is 79.9. The monoisotopic (exact) mass is 343 g/mol. The first-order chi connectivity index (χ1) is 10.1. The van der Waals surface area contributed by atoms with Gasteiger partial charge < -0.3 is 9.32 Å². The van der Waals surface area contributed by atoms with E-state index in [1.165, 1.54) is 0 Å². The molecule has 0 bridgehead atoms. The molecule has 0 fully saturated rings. The summed E-state index contributed by atoms with van der Waals surface area (Å²) in [5.74, 6) is 0.237. The topological polar surface area (TPSA) is 33.5 Å². The quantitative estimate of drug-likeness (QED) is 0.670. The van der Waals surface area contributed by atoms with E-state index in [2.05, 4.69) is 15.9 Å². The molecule has 0 saturated heterocycles. The number of anilines is 1. The molecule has 0 atom stereocenters. The minimum atomic E-state index is -0.147. The minimum Gasteiger partial charge on any atom is -0.451 e. The van der Waals surface area contributed by atoms with Crippen LogP contribution in [0.4, 0.5) is 5.69 Å². The number of hydrogen-bond acceptors (Lipinski definition) is 2. The maximum Gasteiger partial charge on any atom is 0.294 e. The Morgan fingerprint density at radius 2 is 1.86 bits per heavy atom. The van der Waals surface area contributed by atoms with Crippen LogP contribution in [0.2, 0.25) is 0 Å². The van der Waals surface area contributed by atoms with Crippen molar-refractivity contribution in [1.82, 2.24) is 0 Å². The summed E-state index contributed by atoms with van der Waals surface area (Å²) in [6.45, 7) is 1.91. The number of para-hydroxylation sites is 1. The normalized spacial score (nSPS) is 10.8. The van der Waals surface area contributed by atoms with Crippen LogP contribution in [0.5, 0.6) is 0 Å². The van der Waals surface area contributed by atoms with Crippen molar-refractivity contribution in [2.24, 2.45) is 0 Å². The summed E-state index contributed by atoms with van der Waals surface area (Å²) in [6, 6.07) is 15.3. The number of carbonyl (C=O) groups is 1. The molecule has 3 aromatic rings. The van der Waals surface area contributed by atoms with Crippen molar-refractivity contribution in [2.75, 3.05) is 11.9 Å². The molecule has 4 heteroatoms. The minimum absolute atomic E-state index is 0.147. The summed E-state index contributed by atoms with van der Waals surface area (Å²) in [4.78, 5) is 14.2. The van der Waals surface area contributed by atoms with Gasteiger partial charge in [-0.15, -0.1) is 0 Å². The van der Waals surface area contributed by atoms with Gasteiger partial charge >= 0.3 is 0 Å². The number of nitrogens with zero attached hydrogens (tertiary/aromatic N) is 1. The zero-order chi connectivity index (χ0) is 15.0. The largest absolute Gasteiger partial charge is 0.451 e. The second-order valence-corrected chi connectivity index (χ2v) is 5.81. The summed E-state index contributed by atoms with van der Waals surface area (Å²) in [5.41, 5.74) is 2.42. The number of fused-ring (bicyclic) bond motifs is 1. The van der Waals surface area contributed by atoms with E-state index in [0.29, 0.717) is 5.76 Å². The van der Waals surface area contributed by atoms with E-state index in [9.17, 15) is 4.79 Å². The molecule has 0 spiro atoms. The fourth-order valence-corrected chi connectivity index (χ4v) is 2.68. The highest BCUT2D eigenvalue weighted by Crippen LogP contribution is 2.29. The van der Waals surface area contributed by atoms with Gasteiger partial charge in [-0.1, -0.05) is 34.1 Å². The number of hydrogen-bond donors (Lipinski definition) is 0. The molecule has 3 nitrogen and oxygen atoms in total. The van der Waals surface area contributed by atoms with Crippen LogP contribution in [0.25, 0.3) is 11.0 Å². The van der Waals surface area contributed by atoms with Gasteiger partial charge in [0.25, 0.3) is 5.91 Å². The number of rotatable bonds is 2. The lowest BCUT2D eigenvalue weighted by atomic mass is 10.1. The van der Waals surface area contributed by atoms with Gasteiger partial charge in [-0.3, -0.25) is 4.79 Å². The Bertz CT molecular complexity index is 808. The van der Waals surface area contributed by atoms with Gasteiger partial charge in [-0.05, 0) is 37.3 Å². The zero-order valence-electron chi connectivity index (χ0n) is 11.8. The molecule has 0 saturated carbocycles. The summed E-state index contributed by atoms with van der Waals surface area (Å²) in [5, 5.41) is 0.953. The maximum atomic E-state index is 12.6.